The minimum atomic E-state index is -1.06. The molecule has 0 aromatic rings. The summed E-state index contributed by atoms with van der Waals surface area (Å²) >= 11 is 0. The summed E-state index contributed by atoms with van der Waals surface area (Å²) in [5, 5.41) is 14.0. The first-order valence-corrected chi connectivity index (χ1v) is 6.69. The molecule has 1 N–H and O–H groups in total. The van der Waals surface area contributed by atoms with Crippen molar-refractivity contribution in [3.8, 4) is 0 Å². The summed E-state index contributed by atoms with van der Waals surface area (Å²) in [7, 11) is 0. The molecule has 0 unspecified atom stereocenters. The number of carbonyl (C=O) groups is 2. The number of carboxylic acid groups (broad SMARTS) is 1. The Morgan fingerprint density at radius 2 is 1.41 bits per heavy atom. The van der Waals surface area contributed by atoms with Gasteiger partial charge in [-0.05, 0) is 25.7 Å². The van der Waals surface area contributed by atoms with E-state index in [9.17, 15) is 14.7 Å². The van der Waals surface area contributed by atoms with E-state index in [2.05, 4.69) is 5.32 Å². The molecule has 0 heterocycles. The van der Waals surface area contributed by atoms with Crippen LogP contribution < -0.4 is 10.4 Å². The Bertz CT molecular complexity index is 297. The minimum Gasteiger partial charge on any atom is -0.550 e. The molecule has 0 bridgehead atoms. The van der Waals surface area contributed by atoms with E-state index in [1.54, 1.807) is 0 Å². The Morgan fingerprint density at radius 1 is 0.882 bits per heavy atom. The fourth-order valence-electron chi connectivity index (χ4n) is 3.11. The third kappa shape index (κ3) is 2.99. The zero-order valence-corrected chi connectivity index (χ0v) is 10.1. The van der Waals surface area contributed by atoms with Gasteiger partial charge in [-0.25, -0.2) is 0 Å². The first-order chi connectivity index (χ1) is 8.18. The van der Waals surface area contributed by atoms with Crippen LogP contribution in [-0.2, 0) is 9.59 Å². The number of nitrogens with one attached hydrogen (secondary N) is 1. The highest BCUT2D eigenvalue weighted by Crippen LogP contribution is 2.30. The molecule has 0 radical (unpaired) electrons. The SMILES string of the molecule is O=C([O-])[C@H]1CCCC[C@H]1C(=O)NC1CCCC1. The van der Waals surface area contributed by atoms with Gasteiger partial charge in [0.1, 0.15) is 0 Å². The maximum absolute atomic E-state index is 12.1. The highest BCUT2D eigenvalue weighted by Gasteiger charge is 2.32. The Hall–Kier alpha value is -1.06. The second kappa shape index (κ2) is 5.52. The molecular weight excluding hydrogens is 218 g/mol. The van der Waals surface area contributed by atoms with E-state index < -0.39 is 11.9 Å². The standard InChI is InChI=1S/C13H21NO3/c15-12(14-9-5-1-2-6-9)10-7-3-4-8-11(10)13(16)17/h9-11H,1-8H2,(H,14,15)(H,16,17)/p-1/t10-,11+/m1/s1. The van der Waals surface area contributed by atoms with Crippen molar-refractivity contribution in [2.75, 3.05) is 0 Å². The first kappa shape index (κ1) is 12.4. The van der Waals surface area contributed by atoms with Crippen molar-refractivity contribution in [1.82, 2.24) is 5.32 Å². The predicted molar refractivity (Wildman–Crippen MR) is 60.9 cm³/mol. The monoisotopic (exact) mass is 238 g/mol. The van der Waals surface area contributed by atoms with Crippen molar-refractivity contribution in [2.24, 2.45) is 11.8 Å². The van der Waals surface area contributed by atoms with Gasteiger partial charge in [-0.15, -0.1) is 0 Å². The normalized spacial score (nSPS) is 30.1. The predicted octanol–water partition coefficient (Wildman–Crippen LogP) is 0.601. The molecule has 2 aliphatic carbocycles. The molecule has 96 valence electrons. The fourth-order valence-corrected chi connectivity index (χ4v) is 3.11. The summed E-state index contributed by atoms with van der Waals surface area (Å²) in [6.45, 7) is 0. The third-order valence-electron chi connectivity index (χ3n) is 4.11. The Balaban J connectivity index is 1.93. The molecular formula is C13H20NO3-. The van der Waals surface area contributed by atoms with Crippen LogP contribution in [0.4, 0.5) is 0 Å². The van der Waals surface area contributed by atoms with Crippen molar-refractivity contribution in [1.29, 1.82) is 0 Å². The quantitative estimate of drug-likeness (QED) is 0.783. The molecule has 4 nitrogen and oxygen atoms in total. The number of amides is 1. The molecule has 4 heteroatoms. The topological polar surface area (TPSA) is 69.2 Å². The summed E-state index contributed by atoms with van der Waals surface area (Å²) in [5.41, 5.74) is 0. The summed E-state index contributed by atoms with van der Waals surface area (Å²) in [6, 6.07) is 0.270. The van der Waals surface area contributed by atoms with Crippen LogP contribution in [0.25, 0.3) is 0 Å². The maximum Gasteiger partial charge on any atom is 0.223 e. The van der Waals surface area contributed by atoms with Gasteiger partial charge in [0.25, 0.3) is 0 Å². The molecule has 1 amide bonds. The molecule has 2 aliphatic rings. The van der Waals surface area contributed by atoms with Crippen molar-refractivity contribution < 1.29 is 14.7 Å². The molecule has 0 aromatic heterocycles. The van der Waals surface area contributed by atoms with Gasteiger partial charge in [0, 0.05) is 23.8 Å². The number of hydrogen-bond donors (Lipinski definition) is 1. The Kier molecular flexibility index (Phi) is 4.02. The molecule has 17 heavy (non-hydrogen) atoms. The zero-order chi connectivity index (χ0) is 12.3. The van der Waals surface area contributed by atoms with E-state index >= 15 is 0 Å². The summed E-state index contributed by atoms with van der Waals surface area (Å²) in [4.78, 5) is 23.1. The Labute approximate surface area is 102 Å². The van der Waals surface area contributed by atoms with Gasteiger partial charge in [0.2, 0.25) is 5.91 Å². The second-order valence-corrected chi connectivity index (χ2v) is 5.31. The lowest BCUT2D eigenvalue weighted by Gasteiger charge is -2.32. The highest BCUT2D eigenvalue weighted by atomic mass is 16.4. The molecule has 2 saturated carbocycles. The van der Waals surface area contributed by atoms with Crippen LogP contribution in [0.5, 0.6) is 0 Å². The number of carbonyl (C=O) groups excluding carboxylic acids is 2. The van der Waals surface area contributed by atoms with Crippen LogP contribution in [0.1, 0.15) is 51.4 Å². The van der Waals surface area contributed by atoms with Gasteiger partial charge < -0.3 is 15.2 Å². The lowest BCUT2D eigenvalue weighted by atomic mass is 9.78. The molecule has 0 aliphatic heterocycles. The van der Waals surface area contributed by atoms with E-state index in [0.717, 1.165) is 25.7 Å². The average Bonchev–Trinajstić information content (AvgIpc) is 2.81. The maximum atomic E-state index is 12.1. The van der Waals surface area contributed by atoms with E-state index in [4.69, 9.17) is 0 Å². The smallest absolute Gasteiger partial charge is 0.223 e. The van der Waals surface area contributed by atoms with Gasteiger partial charge in [-0.3, -0.25) is 4.79 Å². The lowest BCUT2D eigenvalue weighted by molar-refractivity contribution is -0.314. The number of rotatable bonds is 3. The largest absolute Gasteiger partial charge is 0.550 e. The zero-order valence-electron chi connectivity index (χ0n) is 10.1. The number of hydrogen-bond acceptors (Lipinski definition) is 3. The number of aliphatic carboxylic acids is 1. The lowest BCUT2D eigenvalue weighted by Crippen LogP contribution is -2.46. The summed E-state index contributed by atoms with van der Waals surface area (Å²) < 4.78 is 0. The first-order valence-electron chi connectivity index (χ1n) is 6.69. The van der Waals surface area contributed by atoms with Crippen LogP contribution in [0.15, 0.2) is 0 Å². The minimum absolute atomic E-state index is 0.0641. The summed E-state index contributed by atoms with van der Waals surface area (Å²) in [6.07, 6.45) is 7.53. The van der Waals surface area contributed by atoms with Crippen molar-refractivity contribution >= 4 is 11.9 Å². The number of carboxylic acids is 1. The van der Waals surface area contributed by atoms with Crippen molar-refractivity contribution in [2.45, 2.75) is 57.4 Å². The van der Waals surface area contributed by atoms with Crippen LogP contribution in [-0.4, -0.2) is 17.9 Å². The van der Waals surface area contributed by atoms with E-state index in [1.165, 1.54) is 12.8 Å². The van der Waals surface area contributed by atoms with Crippen LogP contribution >= 0.6 is 0 Å². The van der Waals surface area contributed by atoms with E-state index in [-0.39, 0.29) is 17.9 Å². The summed E-state index contributed by atoms with van der Waals surface area (Å²) in [5.74, 6) is -2.07. The van der Waals surface area contributed by atoms with Gasteiger partial charge in [0.15, 0.2) is 0 Å². The fraction of sp³-hybridized carbons (Fsp3) is 0.846. The molecule has 2 atom stereocenters. The third-order valence-corrected chi connectivity index (χ3v) is 4.11. The van der Waals surface area contributed by atoms with Crippen molar-refractivity contribution in [3.63, 3.8) is 0 Å². The molecule has 0 saturated heterocycles. The van der Waals surface area contributed by atoms with E-state index in [0.29, 0.717) is 12.8 Å². The van der Waals surface area contributed by atoms with Crippen LogP contribution in [0, 0.1) is 11.8 Å². The molecule has 0 spiro atoms. The molecule has 2 rings (SSSR count). The average molecular weight is 238 g/mol. The molecule has 0 aromatic carbocycles. The molecule has 2 fully saturated rings. The van der Waals surface area contributed by atoms with Crippen molar-refractivity contribution in [3.05, 3.63) is 0 Å². The van der Waals surface area contributed by atoms with Gasteiger partial charge in [-0.1, -0.05) is 25.7 Å². The van der Waals surface area contributed by atoms with E-state index in [1.807, 2.05) is 0 Å². The van der Waals surface area contributed by atoms with Gasteiger partial charge >= 0.3 is 0 Å². The van der Waals surface area contributed by atoms with Gasteiger partial charge in [0.05, 0.1) is 0 Å². The second-order valence-electron chi connectivity index (χ2n) is 5.31. The van der Waals surface area contributed by atoms with Gasteiger partial charge in [-0.2, -0.15) is 0 Å². The van der Waals surface area contributed by atoms with Crippen LogP contribution in [0.2, 0.25) is 0 Å². The van der Waals surface area contributed by atoms with Crippen LogP contribution in [0.3, 0.4) is 0 Å². The Morgan fingerprint density at radius 3 is 2.00 bits per heavy atom. The highest BCUT2D eigenvalue weighted by molar-refractivity contribution is 5.84.